The molecule has 100 valence electrons. The van der Waals surface area contributed by atoms with Crippen LogP contribution in [0.2, 0.25) is 0 Å². The maximum atomic E-state index is 5.96. The van der Waals surface area contributed by atoms with Gasteiger partial charge in [0.25, 0.3) is 0 Å². The molecule has 0 radical (unpaired) electrons. The summed E-state index contributed by atoms with van der Waals surface area (Å²) in [6.45, 7) is 4.01. The van der Waals surface area contributed by atoms with Crippen molar-refractivity contribution in [2.45, 2.75) is 13.8 Å². The zero-order valence-corrected chi connectivity index (χ0v) is 11.4. The number of nitrogens with zero attached hydrogens (tertiary/aromatic N) is 4. The van der Waals surface area contributed by atoms with Gasteiger partial charge < -0.3 is 5.73 Å². The number of aromatic nitrogens is 4. The Bertz CT molecular complexity index is 760. The molecule has 5 heteroatoms. The maximum Gasteiger partial charge on any atom is 0.187 e. The average molecular weight is 265 g/mol. The van der Waals surface area contributed by atoms with E-state index in [4.69, 9.17) is 5.73 Å². The molecule has 0 aliphatic heterocycles. The number of rotatable bonds is 2. The topological polar surface area (TPSA) is 69.6 Å². The lowest BCUT2D eigenvalue weighted by molar-refractivity contribution is 0.790. The van der Waals surface area contributed by atoms with Crippen molar-refractivity contribution in [2.24, 2.45) is 0 Å². The Morgan fingerprint density at radius 3 is 2.65 bits per heavy atom. The van der Waals surface area contributed by atoms with E-state index in [1.807, 2.05) is 56.3 Å². The van der Waals surface area contributed by atoms with Crippen molar-refractivity contribution in [2.75, 3.05) is 5.73 Å². The number of nitrogen functional groups attached to an aromatic ring is 1. The first kappa shape index (κ1) is 12.3. The number of anilines is 1. The predicted octanol–water partition coefficient (Wildman–Crippen LogP) is 2.53. The second-order valence-corrected chi connectivity index (χ2v) is 4.82. The number of benzene rings is 2. The van der Waals surface area contributed by atoms with Crippen LogP contribution in [0.25, 0.3) is 17.1 Å². The maximum absolute atomic E-state index is 5.96. The van der Waals surface area contributed by atoms with Crippen molar-refractivity contribution in [3.8, 4) is 17.1 Å². The first-order valence-corrected chi connectivity index (χ1v) is 6.37. The van der Waals surface area contributed by atoms with Crippen molar-refractivity contribution in [3.63, 3.8) is 0 Å². The minimum Gasteiger partial charge on any atom is -0.398 e. The van der Waals surface area contributed by atoms with Crippen LogP contribution < -0.4 is 5.73 Å². The van der Waals surface area contributed by atoms with Gasteiger partial charge in [-0.25, -0.2) is 0 Å². The minimum atomic E-state index is 0.683. The molecular formula is C15H15N5. The van der Waals surface area contributed by atoms with Crippen molar-refractivity contribution < 1.29 is 0 Å². The van der Waals surface area contributed by atoms with Crippen LogP contribution in [-0.2, 0) is 0 Å². The van der Waals surface area contributed by atoms with Crippen LogP contribution in [0, 0.1) is 13.8 Å². The van der Waals surface area contributed by atoms with Gasteiger partial charge in [0.15, 0.2) is 5.82 Å². The van der Waals surface area contributed by atoms with E-state index in [0.29, 0.717) is 5.82 Å². The summed E-state index contributed by atoms with van der Waals surface area (Å²) in [6.07, 6.45) is 0. The van der Waals surface area contributed by atoms with Gasteiger partial charge >= 0.3 is 0 Å². The number of nitrogens with two attached hydrogens (primary N) is 1. The molecule has 3 rings (SSSR count). The van der Waals surface area contributed by atoms with Crippen molar-refractivity contribution >= 4 is 5.69 Å². The molecule has 0 aliphatic rings. The first-order chi connectivity index (χ1) is 9.65. The number of tetrazole rings is 1. The third-order valence-electron chi connectivity index (χ3n) is 3.25. The van der Waals surface area contributed by atoms with Crippen LogP contribution in [-0.4, -0.2) is 20.2 Å². The molecule has 0 fully saturated rings. The Morgan fingerprint density at radius 2 is 1.90 bits per heavy atom. The predicted molar refractivity (Wildman–Crippen MR) is 78.5 cm³/mol. The van der Waals surface area contributed by atoms with Gasteiger partial charge in [-0.3, -0.25) is 0 Å². The van der Waals surface area contributed by atoms with Gasteiger partial charge in [-0.1, -0.05) is 24.3 Å². The van der Waals surface area contributed by atoms with E-state index >= 15 is 0 Å². The minimum absolute atomic E-state index is 0.683. The third kappa shape index (κ3) is 2.14. The Kier molecular flexibility index (Phi) is 2.95. The summed E-state index contributed by atoms with van der Waals surface area (Å²) in [7, 11) is 0. The molecule has 0 unspecified atom stereocenters. The van der Waals surface area contributed by atoms with E-state index in [0.717, 1.165) is 28.1 Å². The Hall–Kier alpha value is -2.69. The lowest BCUT2D eigenvalue weighted by Gasteiger charge is -2.07. The van der Waals surface area contributed by atoms with Crippen LogP contribution in [0.15, 0.2) is 42.5 Å². The molecule has 1 aromatic heterocycles. The fourth-order valence-corrected chi connectivity index (χ4v) is 2.08. The number of hydrogen-bond acceptors (Lipinski definition) is 4. The van der Waals surface area contributed by atoms with Crippen molar-refractivity contribution in [1.82, 2.24) is 20.2 Å². The van der Waals surface area contributed by atoms with Crippen LogP contribution in [0.3, 0.4) is 0 Å². The van der Waals surface area contributed by atoms with Gasteiger partial charge in [0.1, 0.15) is 0 Å². The SMILES string of the molecule is Cc1cccc(-n2nnnc2-c2ccc(C)c(N)c2)c1. The molecule has 2 N–H and O–H groups in total. The normalized spacial score (nSPS) is 10.7. The molecule has 1 heterocycles. The summed E-state index contributed by atoms with van der Waals surface area (Å²) in [6, 6.07) is 13.9. The Morgan fingerprint density at radius 1 is 1.05 bits per heavy atom. The highest BCUT2D eigenvalue weighted by Gasteiger charge is 2.11. The zero-order valence-electron chi connectivity index (χ0n) is 11.4. The van der Waals surface area contributed by atoms with Gasteiger partial charge in [0, 0.05) is 11.3 Å². The van der Waals surface area contributed by atoms with Gasteiger partial charge in [-0.2, -0.15) is 4.68 Å². The van der Waals surface area contributed by atoms with E-state index in [1.54, 1.807) is 4.68 Å². The summed E-state index contributed by atoms with van der Waals surface area (Å²) in [5.74, 6) is 0.683. The smallest absolute Gasteiger partial charge is 0.187 e. The largest absolute Gasteiger partial charge is 0.398 e. The standard InChI is InChI=1S/C15H15N5/c1-10-4-3-5-13(8-10)20-15(17-18-19-20)12-7-6-11(2)14(16)9-12/h3-9H,16H2,1-2H3. The Labute approximate surface area is 117 Å². The first-order valence-electron chi connectivity index (χ1n) is 6.37. The Balaban J connectivity index is 2.12. The summed E-state index contributed by atoms with van der Waals surface area (Å²) in [5, 5.41) is 12.0. The third-order valence-corrected chi connectivity index (χ3v) is 3.25. The van der Waals surface area contributed by atoms with Gasteiger partial charge in [0.2, 0.25) is 0 Å². The van der Waals surface area contributed by atoms with Gasteiger partial charge in [-0.05, 0) is 53.6 Å². The van der Waals surface area contributed by atoms with Gasteiger partial charge in [-0.15, -0.1) is 5.10 Å². The molecule has 0 atom stereocenters. The highest BCUT2D eigenvalue weighted by Crippen LogP contribution is 2.23. The molecule has 0 saturated heterocycles. The van der Waals surface area contributed by atoms with Crippen LogP contribution in [0.5, 0.6) is 0 Å². The highest BCUT2D eigenvalue weighted by atomic mass is 15.5. The molecule has 2 aromatic carbocycles. The summed E-state index contributed by atoms with van der Waals surface area (Å²) < 4.78 is 1.72. The number of hydrogen-bond donors (Lipinski definition) is 1. The summed E-state index contributed by atoms with van der Waals surface area (Å²) >= 11 is 0. The zero-order chi connectivity index (χ0) is 14.1. The molecule has 0 spiro atoms. The van der Waals surface area contributed by atoms with Crippen molar-refractivity contribution in [1.29, 1.82) is 0 Å². The van der Waals surface area contributed by atoms with Gasteiger partial charge in [0.05, 0.1) is 5.69 Å². The van der Waals surface area contributed by atoms with Crippen LogP contribution >= 0.6 is 0 Å². The molecule has 20 heavy (non-hydrogen) atoms. The molecule has 0 saturated carbocycles. The van der Waals surface area contributed by atoms with E-state index in [2.05, 4.69) is 15.5 Å². The second-order valence-electron chi connectivity index (χ2n) is 4.82. The number of aryl methyl sites for hydroxylation is 2. The molecule has 0 bridgehead atoms. The monoisotopic (exact) mass is 265 g/mol. The lowest BCUT2D eigenvalue weighted by Crippen LogP contribution is -2.00. The van der Waals surface area contributed by atoms with E-state index in [-0.39, 0.29) is 0 Å². The molecule has 5 nitrogen and oxygen atoms in total. The highest BCUT2D eigenvalue weighted by molar-refractivity contribution is 5.64. The molecule has 0 aliphatic carbocycles. The van der Waals surface area contributed by atoms with E-state index in [1.165, 1.54) is 0 Å². The fourth-order valence-electron chi connectivity index (χ4n) is 2.08. The average Bonchev–Trinajstić information content (AvgIpc) is 2.91. The quantitative estimate of drug-likeness (QED) is 0.723. The van der Waals surface area contributed by atoms with Crippen LogP contribution in [0.1, 0.15) is 11.1 Å². The second kappa shape index (κ2) is 4.77. The summed E-state index contributed by atoms with van der Waals surface area (Å²) in [5.41, 5.74) is 10.7. The van der Waals surface area contributed by atoms with E-state index < -0.39 is 0 Å². The fraction of sp³-hybridized carbons (Fsp3) is 0.133. The van der Waals surface area contributed by atoms with Crippen molar-refractivity contribution in [3.05, 3.63) is 53.6 Å². The summed E-state index contributed by atoms with van der Waals surface area (Å²) in [4.78, 5) is 0. The van der Waals surface area contributed by atoms with E-state index in [9.17, 15) is 0 Å². The van der Waals surface area contributed by atoms with Crippen LogP contribution in [0.4, 0.5) is 5.69 Å². The molecular weight excluding hydrogens is 250 g/mol. The molecule has 0 amide bonds. The molecule has 3 aromatic rings. The lowest BCUT2D eigenvalue weighted by atomic mass is 10.1.